The monoisotopic (exact) mass is 386 g/mol. The topological polar surface area (TPSA) is 101 Å². The number of carbonyl (C=O) groups is 2. The standard InChI is InChI=1S/C21H26N2O5/c1-16(24)12-22(13-17-6-2-4-8-19(17)25)10-11-23(15-21(27)28)14-18-7-3-5-9-20(18)26/h2-9,25-26H,10-15H2,1H3,(H,27,28). The van der Waals surface area contributed by atoms with Crippen LogP contribution in [0.15, 0.2) is 48.5 Å². The highest BCUT2D eigenvalue weighted by Gasteiger charge is 2.16. The molecule has 0 fully saturated rings. The Kier molecular flexibility index (Phi) is 7.98. The molecule has 150 valence electrons. The van der Waals surface area contributed by atoms with Crippen LogP contribution in [0.25, 0.3) is 0 Å². The molecule has 28 heavy (non-hydrogen) atoms. The van der Waals surface area contributed by atoms with Crippen LogP contribution in [0.4, 0.5) is 0 Å². The molecule has 0 amide bonds. The molecule has 7 nitrogen and oxygen atoms in total. The van der Waals surface area contributed by atoms with Crippen LogP contribution in [-0.4, -0.2) is 63.1 Å². The Morgan fingerprint density at radius 1 is 0.786 bits per heavy atom. The molecule has 2 aromatic carbocycles. The highest BCUT2D eigenvalue weighted by Crippen LogP contribution is 2.19. The van der Waals surface area contributed by atoms with Gasteiger partial charge in [0.1, 0.15) is 17.3 Å². The molecule has 3 N–H and O–H groups in total. The van der Waals surface area contributed by atoms with Gasteiger partial charge in [0, 0.05) is 37.3 Å². The summed E-state index contributed by atoms with van der Waals surface area (Å²) >= 11 is 0. The fraction of sp³-hybridized carbons (Fsp3) is 0.333. The van der Waals surface area contributed by atoms with Crippen molar-refractivity contribution in [3.63, 3.8) is 0 Å². The van der Waals surface area contributed by atoms with Gasteiger partial charge in [-0.2, -0.15) is 0 Å². The summed E-state index contributed by atoms with van der Waals surface area (Å²) in [5.74, 6) is -0.699. The molecule has 7 heteroatoms. The van der Waals surface area contributed by atoms with Crippen LogP contribution in [0, 0.1) is 0 Å². The van der Waals surface area contributed by atoms with E-state index in [1.165, 1.54) is 6.92 Å². The molecule has 0 saturated heterocycles. The fourth-order valence-corrected chi connectivity index (χ4v) is 2.99. The average molecular weight is 386 g/mol. The maximum atomic E-state index is 11.6. The summed E-state index contributed by atoms with van der Waals surface area (Å²) in [5, 5.41) is 29.2. The number of phenols is 2. The van der Waals surface area contributed by atoms with Gasteiger partial charge < -0.3 is 15.3 Å². The van der Waals surface area contributed by atoms with Gasteiger partial charge in [-0.1, -0.05) is 36.4 Å². The third-order valence-electron chi connectivity index (χ3n) is 4.31. The summed E-state index contributed by atoms with van der Waals surface area (Å²) < 4.78 is 0. The zero-order valence-electron chi connectivity index (χ0n) is 15.9. The van der Waals surface area contributed by atoms with E-state index in [0.29, 0.717) is 30.8 Å². The van der Waals surface area contributed by atoms with Gasteiger partial charge in [0.2, 0.25) is 0 Å². The molecule has 0 unspecified atom stereocenters. The minimum Gasteiger partial charge on any atom is -0.508 e. The number of aliphatic carboxylic acids is 1. The molecule has 0 radical (unpaired) electrons. The predicted octanol–water partition coefficient (Wildman–Crippen LogP) is 2.08. The molecule has 0 aliphatic carbocycles. The highest BCUT2D eigenvalue weighted by atomic mass is 16.4. The van der Waals surface area contributed by atoms with Gasteiger partial charge in [-0.05, 0) is 19.1 Å². The van der Waals surface area contributed by atoms with Crippen LogP contribution in [0.5, 0.6) is 11.5 Å². The van der Waals surface area contributed by atoms with Crippen molar-refractivity contribution in [2.75, 3.05) is 26.2 Å². The number of ketones is 1. The molecular weight excluding hydrogens is 360 g/mol. The lowest BCUT2D eigenvalue weighted by Gasteiger charge is -2.26. The Balaban J connectivity index is 2.07. The Bertz CT molecular complexity index is 741. The SMILES string of the molecule is CC(=O)CN(CCN(CC(=O)O)Cc1ccccc1O)Cc1ccccc1O. The molecule has 2 rings (SSSR count). The summed E-state index contributed by atoms with van der Waals surface area (Å²) in [7, 11) is 0. The van der Waals surface area contributed by atoms with Crippen molar-refractivity contribution in [1.82, 2.24) is 9.80 Å². The lowest BCUT2D eigenvalue weighted by molar-refractivity contribution is -0.138. The first-order valence-corrected chi connectivity index (χ1v) is 9.05. The van der Waals surface area contributed by atoms with Gasteiger partial charge in [0.15, 0.2) is 0 Å². The van der Waals surface area contributed by atoms with Gasteiger partial charge in [0.25, 0.3) is 0 Å². The third kappa shape index (κ3) is 7.02. The van der Waals surface area contributed by atoms with Crippen LogP contribution in [0.1, 0.15) is 18.1 Å². The summed E-state index contributed by atoms with van der Waals surface area (Å²) in [6.07, 6.45) is 0. The lowest BCUT2D eigenvalue weighted by atomic mass is 10.1. The molecule has 0 aliphatic rings. The number of carboxylic acids is 1. The van der Waals surface area contributed by atoms with Gasteiger partial charge in [-0.25, -0.2) is 0 Å². The molecule has 0 aliphatic heterocycles. The first-order chi connectivity index (χ1) is 13.3. The van der Waals surface area contributed by atoms with Gasteiger partial charge in [-0.3, -0.25) is 19.4 Å². The summed E-state index contributed by atoms with van der Waals surface area (Å²) in [5.41, 5.74) is 1.34. The smallest absolute Gasteiger partial charge is 0.317 e. The minimum atomic E-state index is -0.964. The van der Waals surface area contributed by atoms with Crippen molar-refractivity contribution in [2.24, 2.45) is 0 Å². The van der Waals surface area contributed by atoms with E-state index in [-0.39, 0.29) is 36.9 Å². The van der Waals surface area contributed by atoms with E-state index in [1.54, 1.807) is 47.4 Å². The van der Waals surface area contributed by atoms with Gasteiger partial charge in [0.05, 0.1) is 13.1 Å². The Hall–Kier alpha value is -2.90. The number of nitrogens with zero attached hydrogens (tertiary/aromatic N) is 2. The molecule has 0 heterocycles. The summed E-state index contributed by atoms with van der Waals surface area (Å²) in [6, 6.07) is 13.7. The number of Topliss-reactive ketones (excluding diaryl/α,β-unsaturated/α-hetero) is 1. The van der Waals surface area contributed by atoms with E-state index in [2.05, 4.69) is 0 Å². The number of hydrogen-bond donors (Lipinski definition) is 3. The van der Waals surface area contributed by atoms with E-state index in [0.717, 1.165) is 0 Å². The largest absolute Gasteiger partial charge is 0.508 e. The summed E-state index contributed by atoms with van der Waals surface area (Å²) in [6.45, 7) is 3.00. The quantitative estimate of drug-likeness (QED) is 0.543. The highest BCUT2D eigenvalue weighted by molar-refractivity contribution is 5.77. The lowest BCUT2D eigenvalue weighted by Crippen LogP contribution is -2.39. The van der Waals surface area contributed by atoms with E-state index < -0.39 is 5.97 Å². The van der Waals surface area contributed by atoms with Gasteiger partial charge >= 0.3 is 5.97 Å². The van der Waals surface area contributed by atoms with Gasteiger partial charge in [-0.15, -0.1) is 0 Å². The van der Waals surface area contributed by atoms with E-state index in [1.807, 2.05) is 11.0 Å². The zero-order chi connectivity index (χ0) is 20.5. The first-order valence-electron chi connectivity index (χ1n) is 9.05. The molecule has 0 atom stereocenters. The first kappa shape index (κ1) is 21.4. The number of carboxylic acid groups (broad SMARTS) is 1. The van der Waals surface area contributed by atoms with Crippen molar-refractivity contribution in [1.29, 1.82) is 0 Å². The maximum absolute atomic E-state index is 11.6. The second-order valence-electron chi connectivity index (χ2n) is 6.77. The van der Waals surface area contributed by atoms with Crippen molar-refractivity contribution >= 4 is 11.8 Å². The minimum absolute atomic E-state index is 0.0130. The Morgan fingerprint density at radius 2 is 1.21 bits per heavy atom. The van der Waals surface area contributed by atoms with E-state index in [4.69, 9.17) is 0 Å². The average Bonchev–Trinajstić information content (AvgIpc) is 2.62. The van der Waals surface area contributed by atoms with Crippen LogP contribution >= 0.6 is 0 Å². The molecule has 0 saturated carbocycles. The fourth-order valence-electron chi connectivity index (χ4n) is 2.99. The normalized spacial score (nSPS) is 11.1. The second kappa shape index (κ2) is 10.4. The number of hydrogen-bond acceptors (Lipinski definition) is 6. The molecule has 2 aromatic rings. The number of carbonyl (C=O) groups excluding carboxylic acids is 1. The molecule has 0 bridgehead atoms. The van der Waals surface area contributed by atoms with Crippen molar-refractivity contribution in [3.05, 3.63) is 59.7 Å². The van der Waals surface area contributed by atoms with E-state index in [9.17, 15) is 24.9 Å². The number of phenolic OH excluding ortho intramolecular Hbond substituents is 2. The third-order valence-corrected chi connectivity index (χ3v) is 4.31. The molecular formula is C21H26N2O5. The number of rotatable bonds is 11. The summed E-state index contributed by atoms with van der Waals surface area (Å²) in [4.78, 5) is 26.5. The number of aromatic hydroxyl groups is 2. The van der Waals surface area contributed by atoms with Crippen LogP contribution in [0.2, 0.25) is 0 Å². The van der Waals surface area contributed by atoms with Crippen LogP contribution in [0.3, 0.4) is 0 Å². The Labute approximate surface area is 164 Å². The Morgan fingerprint density at radius 3 is 1.61 bits per heavy atom. The molecule has 0 aromatic heterocycles. The second-order valence-corrected chi connectivity index (χ2v) is 6.77. The number of para-hydroxylation sites is 2. The maximum Gasteiger partial charge on any atom is 0.317 e. The van der Waals surface area contributed by atoms with Crippen molar-refractivity contribution in [2.45, 2.75) is 20.0 Å². The predicted molar refractivity (Wildman–Crippen MR) is 105 cm³/mol. The van der Waals surface area contributed by atoms with Crippen LogP contribution in [-0.2, 0) is 22.7 Å². The number of benzene rings is 2. The zero-order valence-corrected chi connectivity index (χ0v) is 15.9. The van der Waals surface area contributed by atoms with Crippen molar-refractivity contribution < 1.29 is 24.9 Å². The van der Waals surface area contributed by atoms with Crippen molar-refractivity contribution in [3.8, 4) is 11.5 Å². The molecule has 0 spiro atoms. The van der Waals surface area contributed by atoms with E-state index >= 15 is 0 Å². The van der Waals surface area contributed by atoms with Crippen LogP contribution < -0.4 is 0 Å².